The van der Waals surface area contributed by atoms with E-state index < -0.39 is 6.03 Å². The van der Waals surface area contributed by atoms with Gasteiger partial charge in [0.15, 0.2) is 0 Å². The third-order valence-electron chi connectivity index (χ3n) is 1.92. The van der Waals surface area contributed by atoms with Gasteiger partial charge in [0.1, 0.15) is 4.99 Å². The van der Waals surface area contributed by atoms with Gasteiger partial charge in [-0.1, -0.05) is 12.2 Å². The van der Waals surface area contributed by atoms with Crippen LogP contribution in [-0.2, 0) is 0 Å². The van der Waals surface area contributed by atoms with E-state index in [2.05, 4.69) is 10.6 Å². The van der Waals surface area contributed by atoms with Crippen molar-refractivity contribution in [3.8, 4) is 0 Å². The highest BCUT2D eigenvalue weighted by atomic mass is 32.1. The Hall–Kier alpha value is -1.82. The summed E-state index contributed by atoms with van der Waals surface area (Å²) in [5.74, 6) is 0. The van der Waals surface area contributed by atoms with Crippen LogP contribution in [0.15, 0.2) is 24.3 Å². The lowest BCUT2D eigenvalue weighted by Gasteiger charge is -2.07. The maximum absolute atomic E-state index is 10.4. The third-order valence-corrected chi connectivity index (χ3v) is 2.16. The van der Waals surface area contributed by atoms with Crippen LogP contribution in [0.1, 0.15) is 5.56 Å². The van der Waals surface area contributed by atoms with Gasteiger partial charge < -0.3 is 22.1 Å². The van der Waals surface area contributed by atoms with Crippen molar-refractivity contribution >= 4 is 28.9 Å². The number of rotatable bonds is 5. The van der Waals surface area contributed by atoms with Crippen LogP contribution in [0.5, 0.6) is 0 Å². The van der Waals surface area contributed by atoms with E-state index in [1.807, 2.05) is 24.3 Å². The van der Waals surface area contributed by atoms with E-state index in [1.54, 1.807) is 0 Å². The number of carbonyl (C=O) groups is 1. The second-order valence-corrected chi connectivity index (χ2v) is 3.60. The number of nitrogens with two attached hydrogens (primary N) is 2. The minimum Gasteiger partial charge on any atom is -0.389 e. The van der Waals surface area contributed by atoms with Crippen LogP contribution >= 0.6 is 12.2 Å². The van der Waals surface area contributed by atoms with Gasteiger partial charge in [0.25, 0.3) is 0 Å². The largest absolute Gasteiger partial charge is 0.389 e. The number of urea groups is 1. The molecular formula is C10H14N4OS. The fraction of sp³-hybridized carbons (Fsp3) is 0.200. The number of primary amides is 1. The number of carbonyl (C=O) groups excluding carboxylic acids is 1. The predicted molar refractivity (Wildman–Crippen MR) is 68.4 cm³/mol. The van der Waals surface area contributed by atoms with E-state index in [9.17, 15) is 4.79 Å². The normalized spacial score (nSPS) is 9.50. The van der Waals surface area contributed by atoms with Crippen molar-refractivity contribution in [3.05, 3.63) is 29.8 Å². The van der Waals surface area contributed by atoms with Crippen LogP contribution in [0.3, 0.4) is 0 Å². The molecule has 86 valence electrons. The molecule has 0 aliphatic heterocycles. The number of amides is 2. The van der Waals surface area contributed by atoms with Crippen molar-refractivity contribution in [2.75, 3.05) is 18.4 Å². The lowest BCUT2D eigenvalue weighted by molar-refractivity contribution is 0.249. The molecule has 6 N–H and O–H groups in total. The quantitative estimate of drug-likeness (QED) is 0.441. The van der Waals surface area contributed by atoms with Crippen molar-refractivity contribution in [2.45, 2.75) is 0 Å². The van der Waals surface area contributed by atoms with Gasteiger partial charge in [0, 0.05) is 24.3 Å². The maximum Gasteiger partial charge on any atom is 0.312 e. The molecule has 0 aromatic heterocycles. The van der Waals surface area contributed by atoms with Crippen LogP contribution in [-0.4, -0.2) is 24.1 Å². The molecule has 6 heteroatoms. The monoisotopic (exact) mass is 238 g/mol. The highest BCUT2D eigenvalue weighted by Crippen LogP contribution is 2.08. The Morgan fingerprint density at radius 1 is 1.19 bits per heavy atom. The van der Waals surface area contributed by atoms with Crippen molar-refractivity contribution in [1.29, 1.82) is 0 Å². The molecule has 2 amide bonds. The van der Waals surface area contributed by atoms with Crippen LogP contribution in [0, 0.1) is 0 Å². The maximum atomic E-state index is 10.4. The molecule has 0 saturated carbocycles. The SMILES string of the molecule is NC(=O)NCCNc1ccc(C(N)=S)cc1. The van der Waals surface area contributed by atoms with Gasteiger partial charge in [-0.2, -0.15) is 0 Å². The van der Waals surface area contributed by atoms with E-state index in [1.165, 1.54) is 0 Å². The molecular weight excluding hydrogens is 224 g/mol. The number of hydrogen-bond acceptors (Lipinski definition) is 3. The molecule has 0 atom stereocenters. The lowest BCUT2D eigenvalue weighted by Crippen LogP contribution is -2.33. The Bertz CT molecular complexity index is 377. The first-order valence-corrected chi connectivity index (χ1v) is 5.17. The van der Waals surface area contributed by atoms with Gasteiger partial charge in [0.2, 0.25) is 0 Å². The molecule has 0 unspecified atom stereocenters. The average molecular weight is 238 g/mol. The highest BCUT2D eigenvalue weighted by Gasteiger charge is 1.96. The van der Waals surface area contributed by atoms with Gasteiger partial charge >= 0.3 is 6.03 Å². The molecule has 0 bridgehead atoms. The number of nitrogens with one attached hydrogen (secondary N) is 2. The fourth-order valence-electron chi connectivity index (χ4n) is 1.14. The molecule has 0 aliphatic rings. The lowest BCUT2D eigenvalue weighted by atomic mass is 10.2. The Morgan fingerprint density at radius 2 is 1.81 bits per heavy atom. The molecule has 0 saturated heterocycles. The summed E-state index contributed by atoms with van der Waals surface area (Å²) >= 11 is 4.84. The smallest absolute Gasteiger partial charge is 0.312 e. The van der Waals surface area contributed by atoms with E-state index >= 15 is 0 Å². The van der Waals surface area contributed by atoms with Crippen molar-refractivity contribution < 1.29 is 4.79 Å². The summed E-state index contributed by atoms with van der Waals surface area (Å²) in [5, 5.41) is 5.59. The summed E-state index contributed by atoms with van der Waals surface area (Å²) in [6.45, 7) is 1.09. The standard InChI is InChI=1S/C10H14N4OS/c11-9(16)7-1-3-8(4-2-7)13-5-6-14-10(12)15/h1-4,13H,5-6H2,(H2,11,16)(H3,12,14,15). The van der Waals surface area contributed by atoms with Crippen LogP contribution in [0.25, 0.3) is 0 Å². The van der Waals surface area contributed by atoms with E-state index in [-0.39, 0.29) is 0 Å². The Labute approximate surface area is 99.2 Å². The second-order valence-electron chi connectivity index (χ2n) is 3.16. The van der Waals surface area contributed by atoms with Gasteiger partial charge in [-0.25, -0.2) is 4.79 Å². The van der Waals surface area contributed by atoms with Gasteiger partial charge in [-0.05, 0) is 24.3 Å². The number of hydrogen-bond donors (Lipinski definition) is 4. The van der Waals surface area contributed by atoms with Crippen LogP contribution < -0.4 is 22.1 Å². The molecule has 0 aliphatic carbocycles. The summed E-state index contributed by atoms with van der Waals surface area (Å²) < 4.78 is 0. The molecule has 0 radical (unpaired) electrons. The van der Waals surface area contributed by atoms with Crippen LogP contribution in [0.4, 0.5) is 10.5 Å². The fourth-order valence-corrected chi connectivity index (χ4v) is 1.28. The van der Waals surface area contributed by atoms with Crippen molar-refractivity contribution in [2.24, 2.45) is 11.5 Å². The summed E-state index contributed by atoms with van der Waals surface area (Å²) in [6, 6.07) is 6.90. The average Bonchev–Trinajstić information content (AvgIpc) is 2.25. The van der Waals surface area contributed by atoms with E-state index in [4.69, 9.17) is 23.7 Å². The molecule has 1 aromatic carbocycles. The zero-order valence-corrected chi connectivity index (χ0v) is 9.51. The Morgan fingerprint density at radius 3 is 2.31 bits per heavy atom. The summed E-state index contributed by atoms with van der Waals surface area (Å²) in [5.41, 5.74) is 12.2. The summed E-state index contributed by atoms with van der Waals surface area (Å²) in [7, 11) is 0. The first kappa shape index (κ1) is 12.3. The summed E-state index contributed by atoms with van der Waals surface area (Å²) in [6.07, 6.45) is 0. The molecule has 0 heterocycles. The number of thiocarbonyl (C=S) groups is 1. The minimum absolute atomic E-state index is 0.377. The topological polar surface area (TPSA) is 93.2 Å². The predicted octanol–water partition coefficient (Wildman–Crippen LogP) is 0.401. The zero-order chi connectivity index (χ0) is 12.0. The van der Waals surface area contributed by atoms with Gasteiger partial charge in [-0.15, -0.1) is 0 Å². The molecule has 1 rings (SSSR count). The zero-order valence-electron chi connectivity index (χ0n) is 8.69. The molecule has 0 spiro atoms. The molecule has 0 fully saturated rings. The molecule has 5 nitrogen and oxygen atoms in total. The summed E-state index contributed by atoms with van der Waals surface area (Å²) in [4.78, 5) is 10.8. The van der Waals surface area contributed by atoms with Crippen molar-refractivity contribution in [3.63, 3.8) is 0 Å². The third kappa shape index (κ3) is 4.14. The second kappa shape index (κ2) is 5.92. The van der Waals surface area contributed by atoms with E-state index in [0.29, 0.717) is 18.1 Å². The number of benzene rings is 1. The van der Waals surface area contributed by atoms with Crippen molar-refractivity contribution in [1.82, 2.24) is 5.32 Å². The van der Waals surface area contributed by atoms with Crippen LogP contribution in [0.2, 0.25) is 0 Å². The highest BCUT2D eigenvalue weighted by molar-refractivity contribution is 7.80. The molecule has 1 aromatic rings. The first-order chi connectivity index (χ1) is 7.59. The first-order valence-electron chi connectivity index (χ1n) is 4.76. The van der Waals surface area contributed by atoms with Gasteiger partial charge in [0.05, 0.1) is 0 Å². The molecule has 16 heavy (non-hydrogen) atoms. The minimum atomic E-state index is -0.523. The Kier molecular flexibility index (Phi) is 4.53. The number of anilines is 1. The Balaban J connectivity index is 2.38. The van der Waals surface area contributed by atoms with Gasteiger partial charge in [-0.3, -0.25) is 0 Å². The van der Waals surface area contributed by atoms with E-state index in [0.717, 1.165) is 11.3 Å².